The lowest BCUT2D eigenvalue weighted by Gasteiger charge is -2.29. The number of nitrogens with zero attached hydrogens (tertiary/aromatic N) is 1. The van der Waals surface area contributed by atoms with Gasteiger partial charge < -0.3 is 14.6 Å². The van der Waals surface area contributed by atoms with Gasteiger partial charge in [0.05, 0.1) is 12.2 Å². The molecule has 2 N–H and O–H groups in total. The molecule has 1 aliphatic carbocycles. The Morgan fingerprint density at radius 1 is 1.17 bits per heavy atom. The maximum absolute atomic E-state index is 12.5. The van der Waals surface area contributed by atoms with Gasteiger partial charge in [0.2, 0.25) is 17.6 Å². The summed E-state index contributed by atoms with van der Waals surface area (Å²) in [6.45, 7) is 0.832. The molecule has 1 aromatic heterocycles. The molecule has 1 fully saturated rings. The maximum Gasteiger partial charge on any atom is 0.249 e. The van der Waals surface area contributed by atoms with Gasteiger partial charge in [-0.15, -0.1) is 0 Å². The first-order valence-corrected chi connectivity index (χ1v) is 9.57. The molecular weight excluding hydrogens is 370 g/mol. The fourth-order valence-electron chi connectivity index (χ4n) is 4.03. The summed E-state index contributed by atoms with van der Waals surface area (Å²) >= 11 is 0. The summed E-state index contributed by atoms with van der Waals surface area (Å²) in [7, 11) is 0. The predicted octanol–water partition coefficient (Wildman–Crippen LogP) is 1.92. The van der Waals surface area contributed by atoms with Crippen LogP contribution in [-0.4, -0.2) is 35.1 Å². The minimum Gasteiger partial charge on any atom is -0.459 e. The van der Waals surface area contributed by atoms with Crippen molar-refractivity contribution in [1.29, 1.82) is 0 Å². The molecule has 2 amide bonds. The van der Waals surface area contributed by atoms with E-state index in [9.17, 15) is 14.4 Å². The average molecular weight is 389 g/mol. The van der Waals surface area contributed by atoms with Gasteiger partial charge in [-0.1, -0.05) is 18.2 Å². The molecule has 1 atom stereocenters. The summed E-state index contributed by atoms with van der Waals surface area (Å²) in [6, 6.07) is 9.31. The Bertz CT molecular complexity index is 1100. The van der Waals surface area contributed by atoms with Crippen molar-refractivity contribution in [1.82, 2.24) is 15.5 Å². The van der Waals surface area contributed by atoms with Crippen molar-refractivity contribution in [3.8, 4) is 0 Å². The number of hydrogen-bond acceptors (Lipinski definition) is 6. The van der Waals surface area contributed by atoms with Crippen LogP contribution in [0, 0.1) is 0 Å². The monoisotopic (exact) mass is 389 g/mol. The summed E-state index contributed by atoms with van der Waals surface area (Å²) in [5, 5.41) is 6.63. The molecule has 0 bridgehead atoms. The van der Waals surface area contributed by atoms with E-state index < -0.39 is 6.04 Å². The summed E-state index contributed by atoms with van der Waals surface area (Å²) in [4.78, 5) is 38.0. The second-order valence-electron chi connectivity index (χ2n) is 7.38. The summed E-state index contributed by atoms with van der Waals surface area (Å²) < 4.78 is 5.82. The fraction of sp³-hybridized carbons (Fsp3) is 0.227. The molecule has 7 heteroatoms. The number of fused-ring (bicyclic) bond motifs is 2. The largest absolute Gasteiger partial charge is 0.459 e. The Labute approximate surface area is 166 Å². The topological polar surface area (TPSA) is 91.7 Å². The Hall–Kier alpha value is -3.61. The Kier molecular flexibility index (Phi) is 4.08. The minimum atomic E-state index is -0.404. The van der Waals surface area contributed by atoms with Crippen LogP contribution in [0.5, 0.6) is 0 Å². The van der Waals surface area contributed by atoms with E-state index in [-0.39, 0.29) is 17.6 Å². The van der Waals surface area contributed by atoms with E-state index >= 15 is 0 Å². The molecular formula is C22H19N3O4. The van der Waals surface area contributed by atoms with Gasteiger partial charge in [-0.25, -0.2) is 0 Å². The Balaban J connectivity index is 1.36. The van der Waals surface area contributed by atoms with Crippen molar-refractivity contribution in [2.45, 2.75) is 25.4 Å². The zero-order valence-corrected chi connectivity index (χ0v) is 15.6. The van der Waals surface area contributed by atoms with Gasteiger partial charge in [-0.05, 0) is 36.3 Å². The number of hydrogen-bond donors (Lipinski definition) is 2. The lowest BCUT2D eigenvalue weighted by atomic mass is 9.98. The van der Waals surface area contributed by atoms with Crippen LogP contribution in [0.2, 0.25) is 0 Å². The number of ketones is 1. The average Bonchev–Trinajstić information content (AvgIpc) is 3.31. The van der Waals surface area contributed by atoms with Crippen LogP contribution < -0.4 is 10.6 Å². The van der Waals surface area contributed by atoms with E-state index in [1.165, 1.54) is 6.08 Å². The predicted molar refractivity (Wildman–Crippen MR) is 105 cm³/mol. The smallest absolute Gasteiger partial charge is 0.249 e. The third kappa shape index (κ3) is 3.14. The lowest BCUT2D eigenvalue weighted by molar-refractivity contribution is -0.136. The number of piperidine rings is 1. The Morgan fingerprint density at radius 2 is 2.03 bits per heavy atom. The number of imide groups is 1. The van der Waals surface area contributed by atoms with Crippen molar-refractivity contribution < 1.29 is 18.8 Å². The summed E-state index contributed by atoms with van der Waals surface area (Å²) in [6.07, 6.45) is 5.99. The highest BCUT2D eigenvalue weighted by Crippen LogP contribution is 2.31. The summed E-state index contributed by atoms with van der Waals surface area (Å²) in [5.74, 6) is 0.119. The standard InChI is InChI=1S/C22H19N3O4/c26-18-7-5-14-11-25(17-6-8-20(27)24-22(17)28)12-16(14)21(18)23-10-15-9-13-3-1-2-4-19(13)29-15/h1-5,7,9,11,17,23H,6,8,10,12H2,(H,24,27,28). The SMILES string of the molecule is O=C1CCC(N2C=C3C=CC(=O)C(NCc4cc5ccccc5o4)=C3C2)C(=O)N1. The highest BCUT2D eigenvalue weighted by Gasteiger charge is 2.35. The number of rotatable bonds is 4. The highest BCUT2D eigenvalue weighted by atomic mass is 16.3. The maximum atomic E-state index is 12.5. The molecule has 1 aromatic carbocycles. The van der Waals surface area contributed by atoms with Gasteiger partial charge in [-0.2, -0.15) is 0 Å². The number of furan rings is 1. The number of benzene rings is 1. The quantitative estimate of drug-likeness (QED) is 0.777. The normalized spacial score (nSPS) is 21.5. The van der Waals surface area contributed by atoms with E-state index in [0.29, 0.717) is 31.6 Å². The van der Waals surface area contributed by atoms with E-state index in [1.54, 1.807) is 6.08 Å². The van der Waals surface area contributed by atoms with Gasteiger partial charge >= 0.3 is 0 Å². The molecule has 2 aromatic rings. The van der Waals surface area contributed by atoms with E-state index in [4.69, 9.17) is 4.42 Å². The van der Waals surface area contributed by atoms with Crippen LogP contribution >= 0.6 is 0 Å². The number of allylic oxidation sites excluding steroid dienone is 2. The van der Waals surface area contributed by atoms with E-state index in [0.717, 1.165) is 27.9 Å². The van der Waals surface area contributed by atoms with E-state index in [2.05, 4.69) is 10.6 Å². The molecule has 0 spiro atoms. The first kappa shape index (κ1) is 17.5. The molecule has 0 radical (unpaired) electrons. The van der Waals surface area contributed by atoms with Crippen molar-refractivity contribution >= 4 is 28.6 Å². The second-order valence-corrected chi connectivity index (χ2v) is 7.38. The van der Waals surface area contributed by atoms with Crippen molar-refractivity contribution in [3.63, 3.8) is 0 Å². The number of para-hydroxylation sites is 1. The fourth-order valence-corrected chi connectivity index (χ4v) is 4.03. The molecule has 2 aliphatic heterocycles. The van der Waals surface area contributed by atoms with Crippen molar-refractivity contribution in [2.75, 3.05) is 6.54 Å². The number of nitrogens with one attached hydrogen (secondary N) is 2. The number of carbonyl (C=O) groups is 3. The van der Waals surface area contributed by atoms with Gasteiger partial charge in [-0.3, -0.25) is 19.7 Å². The van der Waals surface area contributed by atoms with Crippen LogP contribution in [0.3, 0.4) is 0 Å². The van der Waals surface area contributed by atoms with Gasteiger partial charge in [0.1, 0.15) is 17.4 Å². The first-order valence-electron chi connectivity index (χ1n) is 9.57. The molecule has 7 nitrogen and oxygen atoms in total. The lowest BCUT2D eigenvalue weighted by Crippen LogP contribution is -2.50. The van der Waals surface area contributed by atoms with Crippen LogP contribution in [0.1, 0.15) is 18.6 Å². The molecule has 5 rings (SSSR count). The first-order chi connectivity index (χ1) is 14.1. The molecule has 3 heterocycles. The second kappa shape index (κ2) is 6.77. The van der Waals surface area contributed by atoms with Crippen molar-refractivity contribution in [3.05, 3.63) is 71.3 Å². The van der Waals surface area contributed by atoms with Gasteiger partial charge in [0.25, 0.3) is 0 Å². The zero-order chi connectivity index (χ0) is 20.0. The van der Waals surface area contributed by atoms with Crippen LogP contribution in [0.25, 0.3) is 11.0 Å². The highest BCUT2D eigenvalue weighted by molar-refractivity contribution is 6.07. The van der Waals surface area contributed by atoms with E-state index in [1.807, 2.05) is 41.4 Å². The minimum absolute atomic E-state index is 0.0987. The van der Waals surface area contributed by atoms with Crippen LogP contribution in [-0.2, 0) is 20.9 Å². The van der Waals surface area contributed by atoms with Gasteiger partial charge in [0, 0.05) is 30.1 Å². The zero-order valence-electron chi connectivity index (χ0n) is 15.6. The Morgan fingerprint density at radius 3 is 2.86 bits per heavy atom. The summed E-state index contributed by atoms with van der Waals surface area (Å²) in [5.41, 5.74) is 3.09. The van der Waals surface area contributed by atoms with Crippen LogP contribution in [0.15, 0.2) is 69.9 Å². The molecule has 29 heavy (non-hydrogen) atoms. The molecule has 1 saturated heterocycles. The third-order valence-electron chi connectivity index (χ3n) is 5.48. The van der Waals surface area contributed by atoms with Gasteiger partial charge in [0.15, 0.2) is 0 Å². The molecule has 146 valence electrons. The number of amides is 2. The van der Waals surface area contributed by atoms with Crippen LogP contribution in [0.4, 0.5) is 0 Å². The molecule has 0 saturated carbocycles. The van der Waals surface area contributed by atoms with Crippen molar-refractivity contribution in [2.24, 2.45) is 0 Å². The number of carbonyl (C=O) groups excluding carboxylic acids is 3. The third-order valence-corrected chi connectivity index (χ3v) is 5.48. The molecule has 1 unspecified atom stereocenters. The molecule has 3 aliphatic rings.